The quantitative estimate of drug-likeness (QED) is 0.367. The summed E-state index contributed by atoms with van der Waals surface area (Å²) in [6, 6.07) is 14.3. The van der Waals surface area contributed by atoms with E-state index >= 15 is 0 Å². The standard InChI is InChI=1S/C26H23N5O3/c1-17-23(18(2)31-26(29-17)27-16-28-31)12-13-24(32)30-22-9-5-7-20(15-22)11-10-19-6-4-8-21(14-19)25(33)34-3/h4-9,14-16H,12-13H2,1-3H3,(H,30,32). The van der Waals surface area contributed by atoms with Crippen molar-refractivity contribution in [3.63, 3.8) is 0 Å². The number of aromatic nitrogens is 4. The molecule has 2 heterocycles. The van der Waals surface area contributed by atoms with Crippen LogP contribution in [0.15, 0.2) is 54.9 Å². The molecule has 0 aliphatic heterocycles. The van der Waals surface area contributed by atoms with Crippen molar-refractivity contribution in [2.24, 2.45) is 0 Å². The molecule has 1 amide bonds. The van der Waals surface area contributed by atoms with Gasteiger partial charge in [-0.15, -0.1) is 0 Å². The number of nitrogens with one attached hydrogen (secondary N) is 1. The molecular formula is C26H23N5O3. The minimum Gasteiger partial charge on any atom is -0.465 e. The monoisotopic (exact) mass is 453 g/mol. The van der Waals surface area contributed by atoms with Gasteiger partial charge in [0.05, 0.1) is 12.7 Å². The van der Waals surface area contributed by atoms with Gasteiger partial charge in [0.15, 0.2) is 0 Å². The predicted molar refractivity (Wildman–Crippen MR) is 127 cm³/mol. The second-order valence-electron chi connectivity index (χ2n) is 7.68. The number of ether oxygens (including phenoxy) is 1. The summed E-state index contributed by atoms with van der Waals surface area (Å²) in [7, 11) is 1.34. The van der Waals surface area contributed by atoms with Crippen molar-refractivity contribution in [2.75, 3.05) is 12.4 Å². The molecule has 0 aliphatic rings. The molecule has 0 aliphatic carbocycles. The van der Waals surface area contributed by atoms with E-state index in [9.17, 15) is 9.59 Å². The lowest BCUT2D eigenvalue weighted by atomic mass is 10.1. The number of amides is 1. The third-order valence-corrected chi connectivity index (χ3v) is 5.37. The van der Waals surface area contributed by atoms with Gasteiger partial charge < -0.3 is 10.1 Å². The molecule has 170 valence electrons. The number of nitrogens with zero attached hydrogens (tertiary/aromatic N) is 4. The van der Waals surface area contributed by atoms with Crippen LogP contribution in [0.4, 0.5) is 5.69 Å². The zero-order chi connectivity index (χ0) is 24.1. The molecule has 0 bridgehead atoms. The number of carbonyl (C=O) groups is 2. The molecule has 4 rings (SSSR count). The highest BCUT2D eigenvalue weighted by Gasteiger charge is 2.13. The molecule has 8 nitrogen and oxygen atoms in total. The van der Waals surface area contributed by atoms with Gasteiger partial charge in [0.25, 0.3) is 5.78 Å². The Morgan fingerprint density at radius 1 is 1.06 bits per heavy atom. The van der Waals surface area contributed by atoms with Gasteiger partial charge in [-0.25, -0.2) is 14.3 Å². The topological polar surface area (TPSA) is 98.5 Å². The third-order valence-electron chi connectivity index (χ3n) is 5.37. The first kappa shape index (κ1) is 22.7. The van der Waals surface area contributed by atoms with Gasteiger partial charge >= 0.3 is 5.97 Å². The van der Waals surface area contributed by atoms with Crippen LogP contribution in [0, 0.1) is 25.7 Å². The highest BCUT2D eigenvalue weighted by Crippen LogP contribution is 2.16. The molecule has 8 heteroatoms. The summed E-state index contributed by atoms with van der Waals surface area (Å²) >= 11 is 0. The van der Waals surface area contributed by atoms with Crippen molar-refractivity contribution in [3.05, 3.63) is 88.5 Å². The molecule has 0 saturated heterocycles. The minimum atomic E-state index is -0.407. The zero-order valence-corrected chi connectivity index (χ0v) is 19.1. The largest absolute Gasteiger partial charge is 0.465 e. The highest BCUT2D eigenvalue weighted by atomic mass is 16.5. The maximum absolute atomic E-state index is 12.6. The molecule has 0 spiro atoms. The van der Waals surface area contributed by atoms with Crippen LogP contribution in [-0.2, 0) is 16.0 Å². The first-order valence-electron chi connectivity index (χ1n) is 10.7. The molecule has 1 N–H and O–H groups in total. The Morgan fingerprint density at radius 2 is 1.79 bits per heavy atom. The fourth-order valence-electron chi connectivity index (χ4n) is 3.64. The van der Waals surface area contributed by atoms with E-state index in [-0.39, 0.29) is 5.91 Å². The number of benzene rings is 2. The Balaban J connectivity index is 1.42. The lowest BCUT2D eigenvalue weighted by Gasteiger charge is -2.10. The maximum atomic E-state index is 12.6. The van der Waals surface area contributed by atoms with Gasteiger partial charge in [-0.3, -0.25) is 4.79 Å². The Kier molecular flexibility index (Phi) is 6.64. The van der Waals surface area contributed by atoms with Crippen molar-refractivity contribution < 1.29 is 14.3 Å². The molecule has 0 radical (unpaired) electrons. The number of methoxy groups -OCH3 is 1. The number of esters is 1. The van der Waals surface area contributed by atoms with Crippen molar-refractivity contribution in [1.82, 2.24) is 19.6 Å². The molecule has 0 atom stereocenters. The number of rotatable bonds is 5. The van der Waals surface area contributed by atoms with E-state index in [0.717, 1.165) is 22.5 Å². The van der Waals surface area contributed by atoms with Gasteiger partial charge in [0.1, 0.15) is 6.33 Å². The van der Waals surface area contributed by atoms with Crippen LogP contribution in [0.3, 0.4) is 0 Å². The summed E-state index contributed by atoms with van der Waals surface area (Å²) in [6.07, 6.45) is 2.32. The van der Waals surface area contributed by atoms with E-state index in [1.54, 1.807) is 22.7 Å². The van der Waals surface area contributed by atoms with E-state index in [1.807, 2.05) is 44.2 Å². The van der Waals surface area contributed by atoms with Gasteiger partial charge in [-0.05, 0) is 62.2 Å². The number of hydrogen-bond acceptors (Lipinski definition) is 6. The first-order chi connectivity index (χ1) is 16.4. The van der Waals surface area contributed by atoms with Crippen molar-refractivity contribution >= 4 is 23.3 Å². The summed E-state index contributed by atoms with van der Waals surface area (Å²) in [5.41, 5.74) is 5.31. The van der Waals surface area contributed by atoms with Gasteiger partial charge in [0, 0.05) is 34.6 Å². The summed E-state index contributed by atoms with van der Waals surface area (Å²) in [6.45, 7) is 3.87. The lowest BCUT2D eigenvalue weighted by molar-refractivity contribution is -0.116. The van der Waals surface area contributed by atoms with Crippen LogP contribution in [0.1, 0.15) is 44.9 Å². The predicted octanol–water partition coefficient (Wildman–Crippen LogP) is 3.50. The molecule has 0 saturated carbocycles. The van der Waals surface area contributed by atoms with E-state index in [0.29, 0.717) is 35.4 Å². The number of carbonyl (C=O) groups excluding carboxylic acids is 2. The summed E-state index contributed by atoms with van der Waals surface area (Å²) < 4.78 is 6.43. The summed E-state index contributed by atoms with van der Waals surface area (Å²) in [5, 5.41) is 7.12. The molecular weight excluding hydrogens is 430 g/mol. The fraction of sp³-hybridized carbons (Fsp3) is 0.192. The Labute approximate surface area is 197 Å². The average Bonchev–Trinajstić information content (AvgIpc) is 3.31. The van der Waals surface area contributed by atoms with Crippen molar-refractivity contribution in [1.29, 1.82) is 0 Å². The lowest BCUT2D eigenvalue weighted by Crippen LogP contribution is -2.14. The second kappa shape index (κ2) is 9.96. The molecule has 4 aromatic rings. The highest BCUT2D eigenvalue weighted by molar-refractivity contribution is 5.91. The smallest absolute Gasteiger partial charge is 0.337 e. The van der Waals surface area contributed by atoms with Crippen molar-refractivity contribution in [3.8, 4) is 11.8 Å². The summed E-state index contributed by atoms with van der Waals surface area (Å²) in [4.78, 5) is 32.9. The number of anilines is 1. The van der Waals surface area contributed by atoms with Crippen LogP contribution < -0.4 is 5.32 Å². The molecule has 0 unspecified atom stereocenters. The molecule has 0 fully saturated rings. The SMILES string of the molecule is COC(=O)c1cccc(C#Cc2cccc(NC(=O)CCc3c(C)nc4ncnn4c3C)c2)c1. The van der Waals surface area contributed by atoms with E-state index in [1.165, 1.54) is 13.4 Å². The van der Waals surface area contributed by atoms with Crippen LogP contribution in [0.2, 0.25) is 0 Å². The van der Waals surface area contributed by atoms with Crippen molar-refractivity contribution in [2.45, 2.75) is 26.7 Å². The normalized spacial score (nSPS) is 10.4. The third kappa shape index (κ3) is 5.10. The van der Waals surface area contributed by atoms with Crippen LogP contribution in [-0.4, -0.2) is 38.6 Å². The van der Waals surface area contributed by atoms with E-state index in [4.69, 9.17) is 4.74 Å². The molecule has 2 aromatic heterocycles. The second-order valence-corrected chi connectivity index (χ2v) is 7.68. The minimum absolute atomic E-state index is 0.103. The number of hydrogen-bond donors (Lipinski definition) is 1. The molecule has 2 aromatic carbocycles. The molecule has 34 heavy (non-hydrogen) atoms. The number of fused-ring (bicyclic) bond motifs is 1. The van der Waals surface area contributed by atoms with Gasteiger partial charge in [-0.1, -0.05) is 24.0 Å². The Hall–Kier alpha value is -4.51. The Bertz CT molecular complexity index is 1450. The zero-order valence-electron chi connectivity index (χ0n) is 19.1. The van der Waals surface area contributed by atoms with E-state index < -0.39 is 5.97 Å². The van der Waals surface area contributed by atoms with Crippen LogP contribution in [0.25, 0.3) is 5.78 Å². The maximum Gasteiger partial charge on any atom is 0.337 e. The van der Waals surface area contributed by atoms with E-state index in [2.05, 4.69) is 32.2 Å². The van der Waals surface area contributed by atoms with Crippen LogP contribution >= 0.6 is 0 Å². The van der Waals surface area contributed by atoms with Gasteiger partial charge in [0.2, 0.25) is 5.91 Å². The Morgan fingerprint density at radius 3 is 2.56 bits per heavy atom. The first-order valence-corrected chi connectivity index (χ1v) is 10.7. The fourth-order valence-corrected chi connectivity index (χ4v) is 3.64. The number of aryl methyl sites for hydroxylation is 2. The van der Waals surface area contributed by atoms with Crippen LogP contribution in [0.5, 0.6) is 0 Å². The summed E-state index contributed by atoms with van der Waals surface area (Å²) in [5.74, 6) is 6.15. The average molecular weight is 454 g/mol. The van der Waals surface area contributed by atoms with Gasteiger partial charge in [-0.2, -0.15) is 10.1 Å².